The summed E-state index contributed by atoms with van der Waals surface area (Å²) >= 11 is 0. The van der Waals surface area contributed by atoms with Crippen molar-refractivity contribution in [2.45, 2.75) is 37.5 Å². The van der Waals surface area contributed by atoms with Gasteiger partial charge >= 0.3 is 0 Å². The van der Waals surface area contributed by atoms with E-state index in [4.69, 9.17) is 5.73 Å². The fourth-order valence-electron chi connectivity index (χ4n) is 4.77. The largest absolute Gasteiger partial charge is 0.372 e. The van der Waals surface area contributed by atoms with E-state index in [1.165, 1.54) is 24.9 Å². The van der Waals surface area contributed by atoms with Crippen LogP contribution in [0.5, 0.6) is 0 Å². The number of benzene rings is 1. The van der Waals surface area contributed by atoms with Gasteiger partial charge in [0.1, 0.15) is 5.41 Å². The lowest BCUT2D eigenvalue weighted by atomic mass is 9.76. The topological polar surface area (TPSA) is 91.6 Å². The maximum Gasteiger partial charge on any atom is 0.238 e. The van der Waals surface area contributed by atoms with Crippen LogP contribution in [-0.2, 0) is 15.0 Å². The minimum Gasteiger partial charge on any atom is -0.372 e. The SMILES string of the molecule is NC(=O)C1(c2ccccn2)CCCN(CC(=O)Nc2ccc(N3CCCCC3)cc2)C1. The van der Waals surface area contributed by atoms with E-state index in [1.807, 2.05) is 35.2 Å². The van der Waals surface area contributed by atoms with Gasteiger partial charge < -0.3 is 16.0 Å². The number of rotatable bonds is 6. The highest BCUT2D eigenvalue weighted by Crippen LogP contribution is 2.32. The molecule has 4 rings (SSSR count). The quantitative estimate of drug-likeness (QED) is 0.748. The Morgan fingerprint density at radius 2 is 1.77 bits per heavy atom. The Morgan fingerprint density at radius 1 is 1.00 bits per heavy atom. The molecule has 2 aromatic rings. The van der Waals surface area contributed by atoms with E-state index in [-0.39, 0.29) is 18.4 Å². The minimum atomic E-state index is -0.851. The Balaban J connectivity index is 1.37. The molecule has 0 radical (unpaired) electrons. The molecule has 0 spiro atoms. The van der Waals surface area contributed by atoms with Gasteiger partial charge in [-0.05, 0) is 75.0 Å². The Bertz CT molecular complexity index is 896. The summed E-state index contributed by atoms with van der Waals surface area (Å²) in [5, 5.41) is 2.98. The third-order valence-electron chi connectivity index (χ3n) is 6.44. The number of likely N-dealkylation sites (tertiary alicyclic amines) is 1. The molecule has 7 nitrogen and oxygen atoms in total. The fraction of sp³-hybridized carbons (Fsp3) is 0.458. The molecule has 2 aliphatic rings. The molecule has 1 atom stereocenters. The van der Waals surface area contributed by atoms with Gasteiger partial charge in [0.05, 0.1) is 12.2 Å². The number of amides is 2. The molecule has 0 bridgehead atoms. The average molecular weight is 422 g/mol. The highest BCUT2D eigenvalue weighted by molar-refractivity contribution is 5.92. The number of hydrogen-bond acceptors (Lipinski definition) is 5. The molecule has 31 heavy (non-hydrogen) atoms. The first kappa shape index (κ1) is 21.3. The first-order valence-corrected chi connectivity index (χ1v) is 11.2. The van der Waals surface area contributed by atoms with E-state index in [0.717, 1.165) is 31.7 Å². The Morgan fingerprint density at radius 3 is 2.45 bits per heavy atom. The number of nitrogens with zero attached hydrogens (tertiary/aromatic N) is 3. The second-order valence-corrected chi connectivity index (χ2v) is 8.62. The third-order valence-corrected chi connectivity index (χ3v) is 6.44. The summed E-state index contributed by atoms with van der Waals surface area (Å²) in [5.41, 5.74) is 7.64. The molecule has 164 valence electrons. The van der Waals surface area contributed by atoms with Gasteiger partial charge in [0, 0.05) is 37.2 Å². The van der Waals surface area contributed by atoms with Gasteiger partial charge in [-0.3, -0.25) is 19.5 Å². The van der Waals surface area contributed by atoms with Crippen LogP contribution in [0.2, 0.25) is 0 Å². The molecule has 2 saturated heterocycles. The summed E-state index contributed by atoms with van der Waals surface area (Å²) < 4.78 is 0. The Kier molecular flexibility index (Phi) is 6.51. The number of carbonyl (C=O) groups excluding carboxylic acids is 2. The van der Waals surface area contributed by atoms with Crippen molar-refractivity contribution >= 4 is 23.2 Å². The van der Waals surface area contributed by atoms with Crippen LogP contribution in [0.15, 0.2) is 48.7 Å². The molecule has 2 aliphatic heterocycles. The second kappa shape index (κ2) is 9.47. The van der Waals surface area contributed by atoms with Crippen molar-refractivity contribution in [1.29, 1.82) is 0 Å². The van der Waals surface area contributed by atoms with Gasteiger partial charge in [-0.25, -0.2) is 0 Å². The van der Waals surface area contributed by atoms with Crippen LogP contribution in [0.4, 0.5) is 11.4 Å². The zero-order chi connectivity index (χ0) is 21.7. The third kappa shape index (κ3) is 4.88. The number of nitrogens with two attached hydrogens (primary N) is 1. The first-order chi connectivity index (χ1) is 15.1. The molecule has 1 aromatic heterocycles. The van der Waals surface area contributed by atoms with Gasteiger partial charge in [0.2, 0.25) is 11.8 Å². The molecule has 7 heteroatoms. The highest BCUT2D eigenvalue weighted by Gasteiger charge is 2.43. The summed E-state index contributed by atoms with van der Waals surface area (Å²) in [6.45, 7) is 3.57. The van der Waals surface area contributed by atoms with Crippen LogP contribution >= 0.6 is 0 Å². The van der Waals surface area contributed by atoms with Crippen molar-refractivity contribution in [3.05, 3.63) is 54.4 Å². The number of hydrogen-bond donors (Lipinski definition) is 2. The molecular formula is C24H31N5O2. The number of piperidine rings is 2. The molecule has 2 amide bonds. The number of nitrogens with one attached hydrogen (secondary N) is 1. The first-order valence-electron chi connectivity index (χ1n) is 11.2. The lowest BCUT2D eigenvalue weighted by molar-refractivity contribution is -0.127. The normalized spacial score (nSPS) is 22.1. The standard InChI is InChI=1S/C24H31N5O2/c25-23(31)24(21-7-2-3-13-26-21)12-6-14-28(18-24)17-22(30)27-19-8-10-20(11-9-19)29-15-4-1-5-16-29/h2-3,7-11,13H,1,4-6,12,14-18H2,(H2,25,31)(H,27,30). The number of aromatic nitrogens is 1. The molecule has 0 aliphatic carbocycles. The molecule has 1 aromatic carbocycles. The minimum absolute atomic E-state index is 0.0907. The molecule has 2 fully saturated rings. The van der Waals surface area contributed by atoms with Crippen LogP contribution in [0.3, 0.4) is 0 Å². The average Bonchev–Trinajstić information content (AvgIpc) is 2.80. The van der Waals surface area contributed by atoms with Crippen molar-refractivity contribution in [2.24, 2.45) is 5.73 Å². The van der Waals surface area contributed by atoms with Crippen LogP contribution in [0.1, 0.15) is 37.8 Å². The van der Waals surface area contributed by atoms with E-state index in [9.17, 15) is 9.59 Å². The smallest absolute Gasteiger partial charge is 0.238 e. The lowest BCUT2D eigenvalue weighted by Gasteiger charge is -2.40. The van der Waals surface area contributed by atoms with Gasteiger partial charge in [0.25, 0.3) is 0 Å². The number of primary amides is 1. The Hall–Kier alpha value is -2.93. The number of anilines is 2. The number of pyridine rings is 1. The van der Waals surface area contributed by atoms with E-state index >= 15 is 0 Å². The number of carbonyl (C=O) groups is 2. The van der Waals surface area contributed by atoms with Crippen LogP contribution in [0, 0.1) is 0 Å². The molecule has 3 N–H and O–H groups in total. The zero-order valence-electron chi connectivity index (χ0n) is 17.9. The fourth-order valence-corrected chi connectivity index (χ4v) is 4.77. The molecule has 0 saturated carbocycles. The highest BCUT2D eigenvalue weighted by atomic mass is 16.2. The summed E-state index contributed by atoms with van der Waals surface area (Å²) in [6.07, 6.45) is 6.89. The lowest BCUT2D eigenvalue weighted by Crippen LogP contribution is -2.55. The Labute approximate surface area is 183 Å². The van der Waals surface area contributed by atoms with Gasteiger partial charge in [-0.1, -0.05) is 6.07 Å². The predicted molar refractivity (Wildman–Crippen MR) is 122 cm³/mol. The van der Waals surface area contributed by atoms with E-state index in [1.54, 1.807) is 6.20 Å². The van der Waals surface area contributed by atoms with E-state index in [0.29, 0.717) is 18.7 Å². The van der Waals surface area contributed by atoms with Crippen molar-refractivity contribution < 1.29 is 9.59 Å². The van der Waals surface area contributed by atoms with Gasteiger partial charge in [0.15, 0.2) is 0 Å². The molecule has 3 heterocycles. The van der Waals surface area contributed by atoms with Crippen molar-refractivity contribution in [3.63, 3.8) is 0 Å². The van der Waals surface area contributed by atoms with Gasteiger partial charge in [-0.15, -0.1) is 0 Å². The maximum absolute atomic E-state index is 12.7. The predicted octanol–water partition coefficient (Wildman–Crippen LogP) is 2.53. The molecule has 1 unspecified atom stereocenters. The maximum atomic E-state index is 12.7. The van der Waals surface area contributed by atoms with Crippen LogP contribution < -0.4 is 16.0 Å². The van der Waals surface area contributed by atoms with Crippen LogP contribution in [0.25, 0.3) is 0 Å². The molecular weight excluding hydrogens is 390 g/mol. The van der Waals surface area contributed by atoms with Crippen molar-refractivity contribution in [3.8, 4) is 0 Å². The van der Waals surface area contributed by atoms with Crippen LogP contribution in [-0.4, -0.2) is 54.4 Å². The van der Waals surface area contributed by atoms with E-state index < -0.39 is 5.41 Å². The monoisotopic (exact) mass is 421 g/mol. The van der Waals surface area contributed by atoms with Crippen molar-refractivity contribution in [2.75, 3.05) is 42.9 Å². The summed E-state index contributed by atoms with van der Waals surface area (Å²) in [6, 6.07) is 13.6. The summed E-state index contributed by atoms with van der Waals surface area (Å²) in [4.78, 5) is 33.9. The summed E-state index contributed by atoms with van der Waals surface area (Å²) in [7, 11) is 0. The zero-order valence-corrected chi connectivity index (χ0v) is 17.9. The van der Waals surface area contributed by atoms with E-state index in [2.05, 4.69) is 27.3 Å². The summed E-state index contributed by atoms with van der Waals surface area (Å²) in [5.74, 6) is -0.475. The second-order valence-electron chi connectivity index (χ2n) is 8.62. The van der Waals surface area contributed by atoms with Crippen molar-refractivity contribution in [1.82, 2.24) is 9.88 Å². The van der Waals surface area contributed by atoms with Gasteiger partial charge in [-0.2, -0.15) is 0 Å².